The maximum Gasteiger partial charge on any atom is 0.251 e. The highest BCUT2D eigenvalue weighted by Gasteiger charge is 2.12. The molecule has 0 spiro atoms. The molecule has 2 heterocycles. The van der Waals surface area contributed by atoms with E-state index in [0.717, 1.165) is 38.4 Å². The molecule has 2 aromatic rings. The van der Waals surface area contributed by atoms with Crippen molar-refractivity contribution < 1.29 is 19.0 Å². The first-order valence-electron chi connectivity index (χ1n) is 8.85. The monoisotopic (exact) mass is 372 g/mol. The molecule has 1 aliphatic heterocycles. The molecule has 0 bridgehead atoms. The summed E-state index contributed by atoms with van der Waals surface area (Å²) in [4.78, 5) is 23.2. The van der Waals surface area contributed by atoms with Gasteiger partial charge < -0.3 is 19.5 Å². The zero-order valence-electron chi connectivity index (χ0n) is 15.6. The van der Waals surface area contributed by atoms with Crippen LogP contribution in [-0.4, -0.2) is 74.4 Å². The van der Waals surface area contributed by atoms with Crippen molar-refractivity contribution in [2.75, 3.05) is 53.6 Å². The predicted molar refractivity (Wildman–Crippen MR) is 100 cm³/mol. The summed E-state index contributed by atoms with van der Waals surface area (Å²) in [7, 11) is 3.08. The summed E-state index contributed by atoms with van der Waals surface area (Å²) in [6.45, 7) is 4.77. The minimum absolute atomic E-state index is 0.0982. The number of hydrogen-bond acceptors (Lipinski definition) is 7. The predicted octanol–water partition coefficient (Wildman–Crippen LogP) is 1.22. The molecule has 8 heteroatoms. The van der Waals surface area contributed by atoms with Crippen molar-refractivity contribution in [1.29, 1.82) is 0 Å². The van der Waals surface area contributed by atoms with Crippen molar-refractivity contribution in [1.82, 2.24) is 20.2 Å². The third-order valence-electron chi connectivity index (χ3n) is 4.32. The zero-order valence-corrected chi connectivity index (χ0v) is 15.6. The highest BCUT2D eigenvalue weighted by Crippen LogP contribution is 2.22. The van der Waals surface area contributed by atoms with Gasteiger partial charge in [0.15, 0.2) is 5.82 Å². The number of ether oxygens (including phenoxy) is 3. The molecule has 1 aromatic carbocycles. The van der Waals surface area contributed by atoms with Gasteiger partial charge in [-0.05, 0) is 12.1 Å². The summed E-state index contributed by atoms with van der Waals surface area (Å²) >= 11 is 0. The standard InChI is InChI=1S/C19H24N4O4/c1-25-16-13-17(26-2)22-18(21-16)14-3-5-15(6-4-14)19(24)20-7-8-23-9-11-27-12-10-23/h3-6,13H,7-12H2,1-2H3,(H,20,24). The number of nitrogens with one attached hydrogen (secondary N) is 1. The van der Waals surface area contributed by atoms with Crippen LogP contribution in [0.4, 0.5) is 0 Å². The van der Waals surface area contributed by atoms with Crippen LogP contribution >= 0.6 is 0 Å². The fraction of sp³-hybridized carbons (Fsp3) is 0.421. The maximum absolute atomic E-state index is 12.3. The smallest absolute Gasteiger partial charge is 0.251 e. The lowest BCUT2D eigenvalue weighted by molar-refractivity contribution is 0.0383. The number of carbonyl (C=O) groups excluding carboxylic acids is 1. The Balaban J connectivity index is 1.60. The van der Waals surface area contributed by atoms with Crippen LogP contribution in [0.1, 0.15) is 10.4 Å². The van der Waals surface area contributed by atoms with Crippen LogP contribution in [-0.2, 0) is 4.74 Å². The molecule has 1 aromatic heterocycles. The number of hydrogen-bond donors (Lipinski definition) is 1. The second-order valence-corrected chi connectivity index (χ2v) is 6.06. The Bertz CT molecular complexity index is 739. The van der Waals surface area contributed by atoms with E-state index in [0.29, 0.717) is 29.7 Å². The minimum atomic E-state index is -0.0982. The SMILES string of the molecule is COc1cc(OC)nc(-c2ccc(C(=O)NCCN3CCOCC3)cc2)n1. The molecule has 0 saturated carbocycles. The summed E-state index contributed by atoms with van der Waals surface area (Å²) in [5, 5.41) is 2.95. The molecule has 1 fully saturated rings. The molecule has 1 saturated heterocycles. The van der Waals surface area contributed by atoms with Gasteiger partial charge in [0.05, 0.1) is 33.5 Å². The van der Waals surface area contributed by atoms with Crippen LogP contribution in [0.5, 0.6) is 11.8 Å². The lowest BCUT2D eigenvalue weighted by Crippen LogP contribution is -2.41. The van der Waals surface area contributed by atoms with E-state index in [1.807, 2.05) is 12.1 Å². The largest absolute Gasteiger partial charge is 0.481 e. The Labute approximate surface area is 158 Å². The van der Waals surface area contributed by atoms with Crippen molar-refractivity contribution in [3.05, 3.63) is 35.9 Å². The van der Waals surface area contributed by atoms with E-state index in [9.17, 15) is 4.79 Å². The lowest BCUT2D eigenvalue weighted by atomic mass is 10.1. The molecule has 1 amide bonds. The molecule has 144 valence electrons. The van der Waals surface area contributed by atoms with Crippen molar-refractivity contribution >= 4 is 5.91 Å². The highest BCUT2D eigenvalue weighted by atomic mass is 16.5. The van der Waals surface area contributed by atoms with Crippen LogP contribution in [0.2, 0.25) is 0 Å². The number of amides is 1. The molecule has 0 unspecified atom stereocenters. The van der Waals surface area contributed by atoms with Gasteiger partial charge in [-0.2, -0.15) is 9.97 Å². The summed E-state index contributed by atoms with van der Waals surface area (Å²) in [5.41, 5.74) is 1.37. The number of benzene rings is 1. The Hall–Kier alpha value is -2.71. The van der Waals surface area contributed by atoms with Crippen LogP contribution in [0, 0.1) is 0 Å². The van der Waals surface area contributed by atoms with E-state index < -0.39 is 0 Å². The van der Waals surface area contributed by atoms with Crippen LogP contribution in [0.15, 0.2) is 30.3 Å². The van der Waals surface area contributed by atoms with E-state index in [1.165, 1.54) is 14.2 Å². The Morgan fingerprint density at radius 2 is 1.74 bits per heavy atom. The molecular weight excluding hydrogens is 348 g/mol. The van der Waals surface area contributed by atoms with E-state index in [2.05, 4.69) is 20.2 Å². The van der Waals surface area contributed by atoms with E-state index >= 15 is 0 Å². The Morgan fingerprint density at radius 1 is 1.11 bits per heavy atom. The normalized spacial score (nSPS) is 14.6. The maximum atomic E-state index is 12.3. The third-order valence-corrected chi connectivity index (χ3v) is 4.32. The van der Waals surface area contributed by atoms with Gasteiger partial charge in [0.2, 0.25) is 11.8 Å². The minimum Gasteiger partial charge on any atom is -0.481 e. The van der Waals surface area contributed by atoms with Crippen molar-refractivity contribution in [2.24, 2.45) is 0 Å². The quantitative estimate of drug-likeness (QED) is 0.782. The number of carbonyl (C=O) groups is 1. The molecule has 0 atom stereocenters. The summed E-state index contributed by atoms with van der Waals surface area (Å²) in [5.74, 6) is 1.22. The van der Waals surface area contributed by atoms with E-state index in [4.69, 9.17) is 14.2 Å². The fourth-order valence-electron chi connectivity index (χ4n) is 2.77. The number of aromatic nitrogens is 2. The third kappa shape index (κ3) is 5.15. The number of nitrogens with zero attached hydrogens (tertiary/aromatic N) is 3. The lowest BCUT2D eigenvalue weighted by Gasteiger charge is -2.26. The van der Waals surface area contributed by atoms with E-state index in [-0.39, 0.29) is 5.91 Å². The van der Waals surface area contributed by atoms with Gasteiger partial charge in [-0.25, -0.2) is 0 Å². The zero-order chi connectivity index (χ0) is 19.1. The molecule has 0 radical (unpaired) electrons. The number of morpholine rings is 1. The molecule has 3 rings (SSSR count). The summed E-state index contributed by atoms with van der Waals surface area (Å²) in [6, 6.07) is 8.75. The molecule has 1 N–H and O–H groups in total. The van der Waals surface area contributed by atoms with E-state index in [1.54, 1.807) is 18.2 Å². The molecule has 0 aliphatic carbocycles. The van der Waals surface area contributed by atoms with Crippen LogP contribution in [0.25, 0.3) is 11.4 Å². The number of methoxy groups -OCH3 is 2. The topological polar surface area (TPSA) is 85.8 Å². The molecule has 1 aliphatic rings. The Morgan fingerprint density at radius 3 is 2.33 bits per heavy atom. The van der Waals surface area contributed by atoms with Gasteiger partial charge in [0.1, 0.15) is 0 Å². The van der Waals surface area contributed by atoms with Gasteiger partial charge in [-0.3, -0.25) is 9.69 Å². The second kappa shape index (κ2) is 9.29. The van der Waals surface area contributed by atoms with Gasteiger partial charge in [-0.15, -0.1) is 0 Å². The fourth-order valence-corrected chi connectivity index (χ4v) is 2.77. The second-order valence-electron chi connectivity index (χ2n) is 6.06. The molecule has 27 heavy (non-hydrogen) atoms. The van der Waals surface area contributed by atoms with Gasteiger partial charge >= 0.3 is 0 Å². The molecular formula is C19H24N4O4. The summed E-state index contributed by atoms with van der Waals surface area (Å²) in [6.07, 6.45) is 0. The van der Waals surface area contributed by atoms with Crippen LogP contribution in [0.3, 0.4) is 0 Å². The first-order valence-corrected chi connectivity index (χ1v) is 8.85. The van der Waals surface area contributed by atoms with Crippen molar-refractivity contribution in [3.63, 3.8) is 0 Å². The first kappa shape index (κ1) is 19.1. The Kier molecular flexibility index (Phi) is 6.56. The van der Waals surface area contributed by atoms with Gasteiger partial charge in [0.25, 0.3) is 5.91 Å². The van der Waals surface area contributed by atoms with Crippen molar-refractivity contribution in [3.8, 4) is 23.1 Å². The van der Waals surface area contributed by atoms with Gasteiger partial charge in [-0.1, -0.05) is 12.1 Å². The van der Waals surface area contributed by atoms with Crippen LogP contribution < -0.4 is 14.8 Å². The molecule has 8 nitrogen and oxygen atoms in total. The highest BCUT2D eigenvalue weighted by molar-refractivity contribution is 5.94. The van der Waals surface area contributed by atoms with Gasteiger partial charge in [0, 0.05) is 37.3 Å². The number of rotatable bonds is 7. The summed E-state index contributed by atoms with van der Waals surface area (Å²) < 4.78 is 15.7. The average molecular weight is 372 g/mol. The van der Waals surface area contributed by atoms with Crippen molar-refractivity contribution in [2.45, 2.75) is 0 Å². The average Bonchev–Trinajstić information content (AvgIpc) is 2.74. The first-order chi connectivity index (χ1) is 13.2.